The van der Waals surface area contributed by atoms with E-state index in [0.29, 0.717) is 16.6 Å². The summed E-state index contributed by atoms with van der Waals surface area (Å²) in [5, 5.41) is 6.06. The fraction of sp³-hybridized carbons (Fsp3) is 0.200. The summed E-state index contributed by atoms with van der Waals surface area (Å²) >= 11 is 0. The van der Waals surface area contributed by atoms with Crippen molar-refractivity contribution in [1.29, 1.82) is 0 Å². The third-order valence-corrected chi connectivity index (χ3v) is 4.76. The Morgan fingerprint density at radius 1 is 1.20 bits per heavy atom. The molecule has 2 heterocycles. The number of pyridine rings is 1. The number of hydrogen-bond acceptors (Lipinski definition) is 5. The normalized spacial score (nSPS) is 12.5. The number of nitrogens with one attached hydrogen (secondary N) is 1. The van der Waals surface area contributed by atoms with Crippen molar-refractivity contribution in [1.82, 2.24) is 15.2 Å². The van der Waals surface area contributed by atoms with Gasteiger partial charge in [-0.3, -0.25) is 10.1 Å². The molecule has 1 N–H and O–H groups in total. The molecule has 0 aliphatic rings. The van der Waals surface area contributed by atoms with Gasteiger partial charge in [0.1, 0.15) is 0 Å². The van der Waals surface area contributed by atoms with E-state index in [1.54, 1.807) is 13.0 Å². The van der Waals surface area contributed by atoms with Gasteiger partial charge in [-0.1, -0.05) is 6.07 Å². The number of aromatic amines is 1. The highest BCUT2D eigenvalue weighted by atomic mass is 32.2. The highest BCUT2D eigenvalue weighted by Gasteiger charge is 2.33. The molecule has 0 atom stereocenters. The van der Waals surface area contributed by atoms with E-state index in [1.165, 1.54) is 24.4 Å². The number of H-pyrrole nitrogens is 1. The Kier molecular flexibility index (Phi) is 3.94. The van der Waals surface area contributed by atoms with Crippen LogP contribution < -0.4 is 4.74 Å². The number of benzene rings is 1. The second kappa shape index (κ2) is 5.73. The van der Waals surface area contributed by atoms with Gasteiger partial charge in [-0.2, -0.15) is 0 Å². The van der Waals surface area contributed by atoms with E-state index in [9.17, 15) is 21.6 Å². The lowest BCUT2D eigenvalue weighted by Crippen LogP contribution is -2.17. The molecule has 0 unspecified atom stereocenters. The predicted octanol–water partition coefficient (Wildman–Crippen LogP) is 3.24. The van der Waals surface area contributed by atoms with Crippen LogP contribution in [0.1, 0.15) is 5.56 Å². The minimum Gasteiger partial charge on any atom is -0.385 e. The minimum absolute atomic E-state index is 0.0614. The highest BCUT2D eigenvalue weighted by molar-refractivity contribution is 7.90. The van der Waals surface area contributed by atoms with E-state index in [0.717, 1.165) is 6.26 Å². The van der Waals surface area contributed by atoms with Crippen LogP contribution in [-0.2, 0) is 9.84 Å². The fourth-order valence-electron chi connectivity index (χ4n) is 2.55. The SMILES string of the molecule is Cc1cc(-c2nccc3[nH]nc(OC(F)(F)F)c23)ccc1S(C)(=O)=O. The van der Waals surface area contributed by atoms with Crippen molar-refractivity contribution in [3.8, 4) is 17.1 Å². The molecular weight excluding hydrogens is 359 g/mol. The minimum atomic E-state index is -4.90. The summed E-state index contributed by atoms with van der Waals surface area (Å²) in [5.74, 6) is -0.643. The van der Waals surface area contributed by atoms with Crippen molar-refractivity contribution in [2.45, 2.75) is 18.2 Å². The Bertz CT molecular complexity index is 1060. The summed E-state index contributed by atoms with van der Waals surface area (Å²) in [6.45, 7) is 1.60. The van der Waals surface area contributed by atoms with Crippen LogP contribution in [0, 0.1) is 6.92 Å². The number of halogens is 3. The van der Waals surface area contributed by atoms with E-state index in [4.69, 9.17) is 0 Å². The average molecular weight is 371 g/mol. The van der Waals surface area contributed by atoms with Crippen LogP contribution in [0.3, 0.4) is 0 Å². The molecule has 132 valence electrons. The van der Waals surface area contributed by atoms with Crippen molar-refractivity contribution >= 4 is 20.7 Å². The Hall–Kier alpha value is -2.62. The third-order valence-electron chi connectivity index (χ3n) is 3.50. The molecule has 0 fully saturated rings. The molecule has 0 bridgehead atoms. The Labute approximate surface area is 140 Å². The van der Waals surface area contributed by atoms with E-state index in [-0.39, 0.29) is 16.0 Å². The number of alkyl halides is 3. The quantitative estimate of drug-likeness (QED) is 0.764. The summed E-state index contributed by atoms with van der Waals surface area (Å²) in [5.41, 5.74) is 1.42. The van der Waals surface area contributed by atoms with Gasteiger partial charge >= 0.3 is 6.36 Å². The zero-order valence-electron chi connectivity index (χ0n) is 13.0. The Morgan fingerprint density at radius 3 is 2.52 bits per heavy atom. The maximum Gasteiger partial charge on any atom is 0.574 e. The van der Waals surface area contributed by atoms with Gasteiger partial charge in [0.2, 0.25) is 0 Å². The molecule has 3 rings (SSSR count). The number of aryl methyl sites for hydroxylation is 1. The summed E-state index contributed by atoms with van der Waals surface area (Å²) < 4.78 is 65.1. The van der Waals surface area contributed by atoms with Crippen LogP contribution in [0.5, 0.6) is 5.88 Å². The van der Waals surface area contributed by atoms with Crippen molar-refractivity contribution in [3.05, 3.63) is 36.0 Å². The molecule has 25 heavy (non-hydrogen) atoms. The van der Waals surface area contributed by atoms with Crippen molar-refractivity contribution < 1.29 is 26.3 Å². The lowest BCUT2D eigenvalue weighted by Gasteiger charge is -2.10. The van der Waals surface area contributed by atoms with Gasteiger partial charge in [-0.05, 0) is 30.7 Å². The lowest BCUT2D eigenvalue weighted by atomic mass is 10.1. The smallest absolute Gasteiger partial charge is 0.385 e. The van der Waals surface area contributed by atoms with Crippen LogP contribution in [0.4, 0.5) is 13.2 Å². The summed E-state index contributed by atoms with van der Waals surface area (Å²) in [7, 11) is -3.41. The van der Waals surface area contributed by atoms with Gasteiger partial charge in [0.15, 0.2) is 9.84 Å². The van der Waals surface area contributed by atoms with Gasteiger partial charge in [-0.15, -0.1) is 18.3 Å². The molecule has 0 saturated carbocycles. The largest absolute Gasteiger partial charge is 0.574 e. The first-order chi connectivity index (χ1) is 11.6. The van der Waals surface area contributed by atoms with Gasteiger partial charge in [-0.25, -0.2) is 8.42 Å². The molecule has 10 heteroatoms. The van der Waals surface area contributed by atoms with Gasteiger partial charge in [0.25, 0.3) is 5.88 Å². The number of ether oxygens (including phenoxy) is 1. The van der Waals surface area contributed by atoms with Gasteiger partial charge in [0, 0.05) is 18.0 Å². The first kappa shape index (κ1) is 17.2. The molecule has 0 aliphatic carbocycles. The van der Waals surface area contributed by atoms with Crippen LogP contribution in [-0.4, -0.2) is 36.2 Å². The third kappa shape index (κ3) is 3.43. The number of aromatic nitrogens is 3. The molecule has 0 aliphatic heterocycles. The average Bonchev–Trinajstić information content (AvgIpc) is 2.87. The Morgan fingerprint density at radius 2 is 1.92 bits per heavy atom. The second-order valence-electron chi connectivity index (χ2n) is 5.41. The number of fused-ring (bicyclic) bond motifs is 1. The molecule has 0 radical (unpaired) electrons. The monoisotopic (exact) mass is 371 g/mol. The fourth-order valence-corrected chi connectivity index (χ4v) is 3.51. The van der Waals surface area contributed by atoms with Gasteiger partial charge in [0.05, 0.1) is 21.5 Å². The molecule has 0 saturated heterocycles. The van der Waals surface area contributed by atoms with Crippen LogP contribution in [0.15, 0.2) is 35.4 Å². The molecule has 3 aromatic rings. The maximum atomic E-state index is 12.6. The van der Waals surface area contributed by atoms with E-state index >= 15 is 0 Å². The van der Waals surface area contributed by atoms with Crippen LogP contribution >= 0.6 is 0 Å². The predicted molar refractivity (Wildman–Crippen MR) is 83.9 cm³/mol. The molecule has 2 aromatic heterocycles. The molecule has 0 spiro atoms. The Balaban J connectivity index is 2.19. The summed E-state index contributed by atoms with van der Waals surface area (Å²) in [6.07, 6.45) is -2.41. The number of sulfone groups is 1. The van der Waals surface area contributed by atoms with Gasteiger partial charge < -0.3 is 4.74 Å². The molecule has 1 aromatic carbocycles. The zero-order chi connectivity index (χ0) is 18.4. The first-order valence-electron chi connectivity index (χ1n) is 6.96. The number of rotatable bonds is 3. The van der Waals surface area contributed by atoms with Crippen molar-refractivity contribution in [3.63, 3.8) is 0 Å². The van der Waals surface area contributed by atoms with Crippen molar-refractivity contribution in [2.24, 2.45) is 0 Å². The standard InChI is InChI=1S/C15H12F3N3O3S/c1-8-7-9(3-4-11(8)25(2,22)23)13-12-10(5-6-19-13)20-21-14(12)24-15(16,17)18/h3-7H,1-2H3,(H,20,21). The summed E-state index contributed by atoms with van der Waals surface area (Å²) in [6, 6.07) is 5.88. The lowest BCUT2D eigenvalue weighted by molar-refractivity contribution is -0.275. The zero-order valence-corrected chi connectivity index (χ0v) is 13.9. The topological polar surface area (TPSA) is 84.9 Å². The van der Waals surface area contributed by atoms with Crippen LogP contribution in [0.2, 0.25) is 0 Å². The molecule has 6 nitrogen and oxygen atoms in total. The number of hydrogen-bond donors (Lipinski definition) is 1. The molecule has 0 amide bonds. The highest BCUT2D eigenvalue weighted by Crippen LogP contribution is 2.35. The van der Waals surface area contributed by atoms with Crippen molar-refractivity contribution in [2.75, 3.05) is 6.26 Å². The number of nitrogens with zero attached hydrogens (tertiary/aromatic N) is 2. The molecular formula is C15H12F3N3O3S. The summed E-state index contributed by atoms with van der Waals surface area (Å²) in [4.78, 5) is 4.26. The first-order valence-corrected chi connectivity index (χ1v) is 8.85. The van der Waals surface area contributed by atoms with E-state index in [2.05, 4.69) is 19.9 Å². The van der Waals surface area contributed by atoms with E-state index < -0.39 is 22.1 Å². The second-order valence-corrected chi connectivity index (χ2v) is 7.40. The maximum absolute atomic E-state index is 12.6. The van der Waals surface area contributed by atoms with E-state index in [1.807, 2.05) is 0 Å². The van der Waals surface area contributed by atoms with Crippen LogP contribution in [0.25, 0.3) is 22.2 Å².